The van der Waals surface area contributed by atoms with Crippen molar-refractivity contribution in [2.75, 3.05) is 20.3 Å². The van der Waals surface area contributed by atoms with Gasteiger partial charge in [0.05, 0.1) is 20.3 Å². The molecule has 23 heavy (non-hydrogen) atoms. The third-order valence-corrected chi connectivity index (χ3v) is 3.11. The van der Waals surface area contributed by atoms with Crippen molar-refractivity contribution in [2.24, 2.45) is 0 Å². The van der Waals surface area contributed by atoms with Crippen LogP contribution >= 0.6 is 0 Å². The Morgan fingerprint density at radius 1 is 1.00 bits per heavy atom. The average molecular weight is 324 g/mol. The largest absolute Gasteiger partial charge is 0.496 e. The Kier molecular flexibility index (Phi) is 6.31. The predicted molar refractivity (Wildman–Crippen MR) is 80.5 cm³/mol. The Labute approximate surface area is 133 Å². The van der Waals surface area contributed by atoms with Gasteiger partial charge in [-0.1, -0.05) is 24.3 Å². The quantitative estimate of drug-likeness (QED) is 0.811. The van der Waals surface area contributed by atoms with Crippen LogP contribution in [0.3, 0.4) is 0 Å². The highest BCUT2D eigenvalue weighted by molar-refractivity contribution is 5.32. The molecule has 0 saturated carbocycles. The number of ether oxygens (including phenoxy) is 3. The number of para-hydroxylation sites is 1. The first-order valence-corrected chi connectivity index (χ1v) is 7.06. The molecule has 0 aliphatic rings. The van der Waals surface area contributed by atoms with Gasteiger partial charge < -0.3 is 19.3 Å². The monoisotopic (exact) mass is 324 g/mol. The van der Waals surface area contributed by atoms with Crippen LogP contribution in [0.5, 0.6) is 11.5 Å². The zero-order chi connectivity index (χ0) is 16.7. The standard InChI is InChI=1S/C17H18F2O4/c1-21-15-7-3-2-5-12(15)9-22-10-13(20)11-23-16-8-4-6-14(18)17(16)19/h2-8,13,20H,9-11H2,1H3. The molecule has 0 aliphatic carbocycles. The van der Waals surface area contributed by atoms with Gasteiger partial charge >= 0.3 is 0 Å². The second-order valence-corrected chi connectivity index (χ2v) is 4.84. The maximum atomic E-state index is 13.4. The predicted octanol–water partition coefficient (Wildman–Crippen LogP) is 2.93. The fourth-order valence-corrected chi connectivity index (χ4v) is 1.96. The fraction of sp³-hybridized carbons (Fsp3) is 0.294. The Hall–Kier alpha value is -2.18. The van der Waals surface area contributed by atoms with Crippen LogP contribution in [0.1, 0.15) is 5.56 Å². The number of hydrogen-bond donors (Lipinski definition) is 1. The van der Waals surface area contributed by atoms with E-state index in [1.807, 2.05) is 24.3 Å². The third kappa shape index (κ3) is 4.91. The second kappa shape index (κ2) is 8.45. The molecule has 2 aromatic rings. The second-order valence-electron chi connectivity index (χ2n) is 4.84. The molecule has 1 N–H and O–H groups in total. The summed E-state index contributed by atoms with van der Waals surface area (Å²) in [7, 11) is 1.56. The van der Waals surface area contributed by atoms with Crippen molar-refractivity contribution in [3.8, 4) is 11.5 Å². The lowest BCUT2D eigenvalue weighted by molar-refractivity contribution is 0.00428. The van der Waals surface area contributed by atoms with Crippen LogP contribution in [-0.2, 0) is 11.3 Å². The molecule has 124 valence electrons. The minimum Gasteiger partial charge on any atom is -0.496 e. The molecule has 0 aromatic heterocycles. The Bertz CT molecular complexity index is 634. The van der Waals surface area contributed by atoms with Crippen LogP contribution in [0.2, 0.25) is 0 Å². The maximum Gasteiger partial charge on any atom is 0.200 e. The minimum absolute atomic E-state index is 0.00498. The number of halogens is 2. The normalized spacial score (nSPS) is 12.0. The Balaban J connectivity index is 1.77. The van der Waals surface area contributed by atoms with Gasteiger partial charge in [-0.05, 0) is 18.2 Å². The van der Waals surface area contributed by atoms with Gasteiger partial charge in [-0.2, -0.15) is 4.39 Å². The smallest absolute Gasteiger partial charge is 0.200 e. The van der Waals surface area contributed by atoms with Gasteiger partial charge in [-0.25, -0.2) is 4.39 Å². The Morgan fingerprint density at radius 2 is 1.74 bits per heavy atom. The van der Waals surface area contributed by atoms with Crippen molar-refractivity contribution >= 4 is 0 Å². The summed E-state index contributed by atoms with van der Waals surface area (Å²) < 4.78 is 42.0. The summed E-state index contributed by atoms with van der Waals surface area (Å²) in [6.07, 6.45) is -0.965. The van der Waals surface area contributed by atoms with Crippen LogP contribution in [-0.4, -0.2) is 31.5 Å². The lowest BCUT2D eigenvalue weighted by atomic mass is 10.2. The van der Waals surface area contributed by atoms with E-state index in [2.05, 4.69) is 0 Å². The molecule has 0 amide bonds. The summed E-state index contributed by atoms with van der Waals surface area (Å²) in [6.45, 7) is 0.0523. The van der Waals surface area contributed by atoms with E-state index in [0.717, 1.165) is 11.6 Å². The summed E-state index contributed by atoms with van der Waals surface area (Å²) in [6, 6.07) is 11.0. The van der Waals surface area contributed by atoms with Crippen molar-refractivity contribution in [1.29, 1.82) is 0 Å². The van der Waals surface area contributed by atoms with Crippen LogP contribution < -0.4 is 9.47 Å². The van der Waals surface area contributed by atoms with Gasteiger partial charge in [-0.15, -0.1) is 0 Å². The summed E-state index contributed by atoms with van der Waals surface area (Å²) in [5, 5.41) is 9.78. The SMILES string of the molecule is COc1ccccc1COCC(O)COc1cccc(F)c1F. The van der Waals surface area contributed by atoms with Crippen LogP contribution in [0.25, 0.3) is 0 Å². The van der Waals surface area contributed by atoms with Crippen LogP contribution in [0.4, 0.5) is 8.78 Å². The van der Waals surface area contributed by atoms with E-state index in [1.54, 1.807) is 7.11 Å². The van der Waals surface area contributed by atoms with Gasteiger partial charge in [0.1, 0.15) is 18.5 Å². The van der Waals surface area contributed by atoms with Gasteiger partial charge in [0, 0.05) is 5.56 Å². The summed E-state index contributed by atoms with van der Waals surface area (Å²) in [5.41, 5.74) is 0.847. The minimum atomic E-state index is -1.07. The Morgan fingerprint density at radius 3 is 2.52 bits per heavy atom. The van der Waals surface area contributed by atoms with Crippen molar-refractivity contribution < 1.29 is 28.1 Å². The summed E-state index contributed by atoms with van der Waals surface area (Å²) in [5.74, 6) is -1.62. The zero-order valence-electron chi connectivity index (χ0n) is 12.7. The van der Waals surface area contributed by atoms with E-state index >= 15 is 0 Å². The van der Waals surface area contributed by atoms with E-state index in [0.29, 0.717) is 5.75 Å². The van der Waals surface area contributed by atoms with Gasteiger partial charge in [-0.3, -0.25) is 0 Å². The molecule has 2 aromatic carbocycles. The first-order chi connectivity index (χ1) is 11.1. The van der Waals surface area contributed by atoms with Crippen LogP contribution in [0.15, 0.2) is 42.5 Å². The number of hydrogen-bond acceptors (Lipinski definition) is 4. The van der Waals surface area contributed by atoms with E-state index in [4.69, 9.17) is 14.2 Å². The number of rotatable bonds is 8. The summed E-state index contributed by atoms with van der Waals surface area (Å²) in [4.78, 5) is 0. The number of benzene rings is 2. The average Bonchev–Trinajstić information content (AvgIpc) is 2.56. The first-order valence-electron chi connectivity index (χ1n) is 7.06. The molecule has 0 fully saturated rings. The van der Waals surface area contributed by atoms with E-state index in [-0.39, 0.29) is 25.6 Å². The van der Waals surface area contributed by atoms with Gasteiger partial charge in [0.2, 0.25) is 5.82 Å². The highest BCUT2D eigenvalue weighted by Gasteiger charge is 2.12. The van der Waals surface area contributed by atoms with E-state index in [1.165, 1.54) is 12.1 Å². The molecular formula is C17H18F2O4. The van der Waals surface area contributed by atoms with E-state index < -0.39 is 17.7 Å². The summed E-state index contributed by atoms with van der Waals surface area (Å²) >= 11 is 0. The molecule has 1 unspecified atom stereocenters. The van der Waals surface area contributed by atoms with Gasteiger partial charge in [0.25, 0.3) is 0 Å². The van der Waals surface area contributed by atoms with Gasteiger partial charge in [0.15, 0.2) is 11.6 Å². The molecular weight excluding hydrogens is 306 g/mol. The molecule has 6 heteroatoms. The highest BCUT2D eigenvalue weighted by Crippen LogP contribution is 2.20. The molecule has 0 saturated heterocycles. The zero-order valence-corrected chi connectivity index (χ0v) is 12.7. The number of aliphatic hydroxyl groups excluding tert-OH is 1. The number of methoxy groups -OCH3 is 1. The molecule has 4 nitrogen and oxygen atoms in total. The van der Waals surface area contributed by atoms with Crippen molar-refractivity contribution in [3.05, 3.63) is 59.7 Å². The van der Waals surface area contributed by atoms with Crippen LogP contribution in [0, 0.1) is 11.6 Å². The lowest BCUT2D eigenvalue weighted by Crippen LogP contribution is -2.23. The van der Waals surface area contributed by atoms with Crippen molar-refractivity contribution in [2.45, 2.75) is 12.7 Å². The fourth-order valence-electron chi connectivity index (χ4n) is 1.96. The molecule has 0 radical (unpaired) electrons. The number of aliphatic hydroxyl groups is 1. The highest BCUT2D eigenvalue weighted by atomic mass is 19.2. The first kappa shape index (κ1) is 17.2. The third-order valence-electron chi connectivity index (χ3n) is 3.11. The van der Waals surface area contributed by atoms with Crippen molar-refractivity contribution in [1.82, 2.24) is 0 Å². The molecule has 2 rings (SSSR count). The maximum absolute atomic E-state index is 13.4. The molecule has 1 atom stereocenters. The topological polar surface area (TPSA) is 47.9 Å². The molecule has 0 heterocycles. The molecule has 0 bridgehead atoms. The molecule has 0 aliphatic heterocycles. The van der Waals surface area contributed by atoms with Crippen molar-refractivity contribution in [3.63, 3.8) is 0 Å². The lowest BCUT2D eigenvalue weighted by Gasteiger charge is -2.14. The molecule has 0 spiro atoms. The van der Waals surface area contributed by atoms with E-state index in [9.17, 15) is 13.9 Å².